The zero-order chi connectivity index (χ0) is 14.8. The molecular weight excluding hydrogens is 450 g/mol. The van der Waals surface area contributed by atoms with Gasteiger partial charge in [0.25, 0.3) is 0 Å². The Kier molecular flexibility index (Phi) is 4.92. The van der Waals surface area contributed by atoms with Gasteiger partial charge in [-0.3, -0.25) is 9.53 Å². The molecule has 0 bridgehead atoms. The summed E-state index contributed by atoms with van der Waals surface area (Å²) in [6, 6.07) is 16.7. The van der Waals surface area contributed by atoms with Crippen molar-refractivity contribution in [3.63, 3.8) is 0 Å². The molecule has 4 heteroatoms. The van der Waals surface area contributed by atoms with Gasteiger partial charge in [-0.2, -0.15) is 23.3 Å². The number of aryl methyl sites for hydroxylation is 2. The Labute approximate surface area is 143 Å². The van der Waals surface area contributed by atoms with Gasteiger partial charge >= 0.3 is 0 Å². The molecule has 1 radical (unpaired) electrons. The van der Waals surface area contributed by atoms with E-state index in [1.807, 2.05) is 10.7 Å². The normalized spacial score (nSPS) is 9.86. The Morgan fingerprint density at radius 3 is 2.55 bits per heavy atom. The fraction of sp³-hybridized carbons (Fsp3) is 0.111. The molecule has 0 aliphatic heterocycles. The molecule has 2 aromatic carbocycles. The number of nitrogens with zero attached hydrogens (tertiary/aromatic N) is 3. The van der Waals surface area contributed by atoms with Crippen LogP contribution in [0, 0.1) is 26.5 Å². The van der Waals surface area contributed by atoms with Crippen molar-refractivity contribution in [3.05, 3.63) is 77.3 Å². The molecule has 22 heavy (non-hydrogen) atoms. The molecule has 3 nitrogen and oxygen atoms in total. The Hall–Kier alpha value is -2.21. The minimum absolute atomic E-state index is 0. The smallest absolute Gasteiger partial charge is 0.0899 e. The van der Waals surface area contributed by atoms with Crippen LogP contribution in [0.15, 0.2) is 48.7 Å². The Bertz CT molecular complexity index is 823. The molecule has 0 unspecified atom stereocenters. The largest absolute Gasteiger partial charge is 0.265 e. The second-order valence-corrected chi connectivity index (χ2v) is 4.94. The second kappa shape index (κ2) is 6.70. The average Bonchev–Trinajstić information content (AvgIpc) is 2.96. The molecule has 1 heterocycles. The van der Waals surface area contributed by atoms with Crippen molar-refractivity contribution in [3.8, 4) is 16.9 Å². The van der Waals surface area contributed by atoms with Crippen molar-refractivity contribution < 1.29 is 20.1 Å². The summed E-state index contributed by atoms with van der Waals surface area (Å²) in [6.07, 6.45) is 1.78. The predicted molar refractivity (Wildman–Crippen MR) is 83.6 cm³/mol. The number of rotatable bonds is 2. The molecule has 0 atom stereocenters. The van der Waals surface area contributed by atoms with E-state index >= 15 is 0 Å². The van der Waals surface area contributed by atoms with Crippen molar-refractivity contribution in [1.82, 2.24) is 9.78 Å². The SMILES string of the molecule is [C-]#[N+]c1cc[c-]c(-n2nccc2-c2c(C)cccc2C)c1.[Ir]. The van der Waals surface area contributed by atoms with E-state index in [4.69, 9.17) is 6.57 Å². The Morgan fingerprint density at radius 2 is 1.86 bits per heavy atom. The van der Waals surface area contributed by atoms with Gasteiger partial charge in [-0.15, -0.1) is 6.07 Å². The van der Waals surface area contributed by atoms with Gasteiger partial charge in [0.15, 0.2) is 0 Å². The first-order valence-electron chi connectivity index (χ1n) is 6.71. The standard InChI is InChI=1S/C18H14N3.Ir/c1-13-6-4-7-14(2)18(13)17-10-11-20-21(17)16-9-5-8-15(12-16)19-3;/h4-8,10-12H,1-2H3;/q-1;. The minimum Gasteiger partial charge on any atom is -0.265 e. The van der Waals surface area contributed by atoms with Crippen molar-refractivity contribution >= 4 is 5.69 Å². The first kappa shape index (κ1) is 16.2. The summed E-state index contributed by atoms with van der Waals surface area (Å²) < 4.78 is 1.84. The van der Waals surface area contributed by atoms with Gasteiger partial charge in [0.2, 0.25) is 0 Å². The summed E-state index contributed by atoms with van der Waals surface area (Å²) in [5.41, 5.74) is 5.98. The van der Waals surface area contributed by atoms with Gasteiger partial charge in [-0.05, 0) is 31.0 Å². The molecule has 0 aliphatic carbocycles. The van der Waals surface area contributed by atoms with Crippen LogP contribution in [0.4, 0.5) is 5.69 Å². The fourth-order valence-electron chi connectivity index (χ4n) is 2.54. The molecular formula is C18H14IrN3-. The van der Waals surface area contributed by atoms with Crippen molar-refractivity contribution in [2.24, 2.45) is 0 Å². The number of aromatic nitrogens is 2. The summed E-state index contributed by atoms with van der Waals surface area (Å²) in [7, 11) is 0. The van der Waals surface area contributed by atoms with E-state index in [9.17, 15) is 0 Å². The molecule has 3 aromatic rings. The fourth-order valence-corrected chi connectivity index (χ4v) is 2.54. The van der Waals surface area contributed by atoms with Crippen LogP contribution in [0.2, 0.25) is 0 Å². The van der Waals surface area contributed by atoms with Crippen LogP contribution in [0.25, 0.3) is 21.8 Å². The monoisotopic (exact) mass is 465 g/mol. The summed E-state index contributed by atoms with van der Waals surface area (Å²) in [5, 5.41) is 4.40. The van der Waals surface area contributed by atoms with Gasteiger partial charge in [-0.25, -0.2) is 0 Å². The molecule has 0 N–H and O–H groups in total. The minimum atomic E-state index is 0. The summed E-state index contributed by atoms with van der Waals surface area (Å²) in [4.78, 5) is 3.47. The molecule has 0 fully saturated rings. The van der Waals surface area contributed by atoms with E-state index in [-0.39, 0.29) is 20.1 Å². The van der Waals surface area contributed by atoms with Gasteiger partial charge in [-0.1, -0.05) is 23.9 Å². The molecule has 111 valence electrons. The maximum atomic E-state index is 7.13. The molecule has 0 aliphatic rings. The molecule has 0 spiro atoms. The number of hydrogen-bond acceptors (Lipinski definition) is 1. The van der Waals surface area contributed by atoms with E-state index in [2.05, 4.69) is 48.1 Å². The van der Waals surface area contributed by atoms with Crippen LogP contribution >= 0.6 is 0 Å². The van der Waals surface area contributed by atoms with Crippen LogP contribution in [0.5, 0.6) is 0 Å². The molecule has 0 amide bonds. The third-order valence-electron chi connectivity index (χ3n) is 3.51. The van der Waals surface area contributed by atoms with Crippen LogP contribution in [0.3, 0.4) is 0 Å². The van der Waals surface area contributed by atoms with E-state index in [1.54, 1.807) is 24.4 Å². The van der Waals surface area contributed by atoms with Gasteiger partial charge in [0.05, 0.1) is 18.0 Å². The van der Waals surface area contributed by atoms with E-state index in [0.717, 1.165) is 11.4 Å². The Morgan fingerprint density at radius 1 is 1.14 bits per heavy atom. The van der Waals surface area contributed by atoms with Gasteiger partial charge in [0, 0.05) is 31.9 Å². The quantitative estimate of drug-likeness (QED) is 0.512. The van der Waals surface area contributed by atoms with Crippen molar-refractivity contribution in [2.75, 3.05) is 0 Å². The summed E-state index contributed by atoms with van der Waals surface area (Å²) in [6.45, 7) is 11.3. The van der Waals surface area contributed by atoms with Crippen LogP contribution in [0.1, 0.15) is 11.1 Å². The van der Waals surface area contributed by atoms with E-state index < -0.39 is 0 Å². The van der Waals surface area contributed by atoms with E-state index in [1.165, 1.54) is 16.7 Å². The first-order chi connectivity index (χ1) is 10.2. The molecule has 1 aromatic heterocycles. The van der Waals surface area contributed by atoms with E-state index in [0.29, 0.717) is 5.69 Å². The number of hydrogen-bond donors (Lipinski definition) is 0. The maximum absolute atomic E-state index is 7.13. The van der Waals surface area contributed by atoms with Gasteiger partial charge in [0.1, 0.15) is 0 Å². The third kappa shape index (κ3) is 2.87. The average molecular weight is 465 g/mol. The summed E-state index contributed by atoms with van der Waals surface area (Å²) >= 11 is 0. The zero-order valence-electron chi connectivity index (χ0n) is 12.3. The molecule has 0 saturated heterocycles. The Balaban J connectivity index is 0.00000176. The van der Waals surface area contributed by atoms with Crippen LogP contribution in [-0.4, -0.2) is 9.78 Å². The topological polar surface area (TPSA) is 22.2 Å². The number of benzene rings is 2. The predicted octanol–water partition coefficient (Wildman–Crippen LogP) is 4.50. The maximum Gasteiger partial charge on any atom is 0.0899 e. The zero-order valence-corrected chi connectivity index (χ0v) is 14.7. The molecule has 0 saturated carbocycles. The summed E-state index contributed by atoms with van der Waals surface area (Å²) in [5.74, 6) is 0. The van der Waals surface area contributed by atoms with Crippen molar-refractivity contribution in [2.45, 2.75) is 13.8 Å². The van der Waals surface area contributed by atoms with Crippen LogP contribution in [-0.2, 0) is 20.1 Å². The first-order valence-corrected chi connectivity index (χ1v) is 6.71. The van der Waals surface area contributed by atoms with Gasteiger partial charge < -0.3 is 0 Å². The second-order valence-electron chi connectivity index (χ2n) is 4.94. The third-order valence-corrected chi connectivity index (χ3v) is 3.51. The van der Waals surface area contributed by atoms with Crippen LogP contribution < -0.4 is 0 Å². The van der Waals surface area contributed by atoms with Crippen molar-refractivity contribution in [1.29, 1.82) is 0 Å². The molecule has 3 rings (SSSR count).